The lowest BCUT2D eigenvalue weighted by Gasteiger charge is -2.12. The van der Waals surface area contributed by atoms with E-state index in [2.05, 4.69) is 4.98 Å². The van der Waals surface area contributed by atoms with Gasteiger partial charge in [0.25, 0.3) is 0 Å². The molecule has 4 aromatic rings. The number of pyridine rings is 1. The van der Waals surface area contributed by atoms with Crippen LogP contribution in [0.25, 0.3) is 21.8 Å². The second-order valence-corrected chi connectivity index (χ2v) is 6.20. The largest absolute Gasteiger partial charge is 0.478 e. The number of hydrogen-bond acceptors (Lipinski definition) is 2. The Morgan fingerprint density at radius 3 is 2.67 bits per heavy atom. The van der Waals surface area contributed by atoms with E-state index in [1.54, 1.807) is 23.0 Å². The number of aromatic nitrogens is 2. The highest BCUT2D eigenvalue weighted by Gasteiger charge is 2.32. The first-order chi connectivity index (χ1) is 12.8. The van der Waals surface area contributed by atoms with Gasteiger partial charge in [-0.1, -0.05) is 18.2 Å². The van der Waals surface area contributed by atoms with E-state index in [4.69, 9.17) is 0 Å². The summed E-state index contributed by atoms with van der Waals surface area (Å²) in [7, 11) is 0. The van der Waals surface area contributed by atoms with Gasteiger partial charge in [-0.25, -0.2) is 4.79 Å². The Balaban J connectivity index is 1.89. The Hall–Kier alpha value is -3.35. The van der Waals surface area contributed by atoms with Crippen LogP contribution in [0.4, 0.5) is 13.2 Å². The third-order valence-corrected chi connectivity index (χ3v) is 4.50. The zero-order valence-electron chi connectivity index (χ0n) is 13.9. The molecule has 0 saturated heterocycles. The second kappa shape index (κ2) is 6.12. The number of carbonyl (C=O) groups is 1. The fourth-order valence-electron chi connectivity index (χ4n) is 3.30. The number of alkyl halides is 3. The monoisotopic (exact) mass is 370 g/mol. The molecular weight excluding hydrogens is 357 g/mol. The highest BCUT2D eigenvalue weighted by molar-refractivity contribution is 6.03. The molecule has 2 heterocycles. The van der Waals surface area contributed by atoms with Gasteiger partial charge in [0.2, 0.25) is 0 Å². The minimum absolute atomic E-state index is 0.237. The number of fused-ring (bicyclic) bond motifs is 2. The lowest BCUT2D eigenvalue weighted by atomic mass is 10.1. The predicted octanol–water partition coefficient (Wildman–Crippen LogP) is 4.95. The molecule has 0 amide bonds. The number of halogens is 3. The van der Waals surface area contributed by atoms with E-state index >= 15 is 0 Å². The lowest BCUT2D eigenvalue weighted by Crippen LogP contribution is -2.10. The van der Waals surface area contributed by atoms with Gasteiger partial charge in [-0.2, -0.15) is 13.2 Å². The molecule has 2 aromatic heterocycles. The van der Waals surface area contributed by atoms with Crippen molar-refractivity contribution >= 4 is 27.8 Å². The minimum atomic E-state index is -4.61. The summed E-state index contributed by atoms with van der Waals surface area (Å²) in [5.74, 6) is -1.40. The first kappa shape index (κ1) is 17.1. The molecule has 0 radical (unpaired) electrons. The average Bonchev–Trinajstić information content (AvgIpc) is 3.03. The molecule has 0 aliphatic carbocycles. The molecule has 27 heavy (non-hydrogen) atoms. The zero-order chi connectivity index (χ0) is 19.2. The normalized spacial score (nSPS) is 12.0. The molecule has 0 fully saturated rings. The number of hydrogen-bond donors (Lipinski definition) is 1. The van der Waals surface area contributed by atoms with Gasteiger partial charge in [0.05, 0.1) is 22.2 Å². The van der Waals surface area contributed by atoms with Gasteiger partial charge in [0, 0.05) is 29.7 Å². The van der Waals surface area contributed by atoms with Crippen molar-refractivity contribution in [2.75, 3.05) is 0 Å². The fraction of sp³-hybridized carbons (Fsp3) is 0.100. The molecular formula is C20H13F3N2O2. The number of nitrogens with zero attached hydrogens (tertiary/aromatic N) is 2. The number of carboxylic acid groups (broad SMARTS) is 1. The van der Waals surface area contributed by atoms with Gasteiger partial charge in [0.1, 0.15) is 0 Å². The highest BCUT2D eigenvalue weighted by atomic mass is 19.4. The number of carboxylic acids is 1. The van der Waals surface area contributed by atoms with Crippen molar-refractivity contribution in [2.24, 2.45) is 0 Å². The Labute approximate surface area is 151 Å². The van der Waals surface area contributed by atoms with Crippen LogP contribution in [0.1, 0.15) is 21.5 Å². The van der Waals surface area contributed by atoms with Crippen LogP contribution in [0, 0.1) is 0 Å². The first-order valence-corrected chi connectivity index (χ1v) is 8.10. The van der Waals surface area contributed by atoms with Crippen LogP contribution >= 0.6 is 0 Å². The Morgan fingerprint density at radius 2 is 1.93 bits per heavy atom. The van der Waals surface area contributed by atoms with Gasteiger partial charge in [-0.15, -0.1) is 0 Å². The van der Waals surface area contributed by atoms with E-state index in [9.17, 15) is 23.1 Å². The molecule has 0 saturated carbocycles. The van der Waals surface area contributed by atoms with E-state index in [1.165, 1.54) is 6.07 Å². The topological polar surface area (TPSA) is 55.1 Å². The summed E-state index contributed by atoms with van der Waals surface area (Å²) < 4.78 is 40.9. The third-order valence-electron chi connectivity index (χ3n) is 4.50. The van der Waals surface area contributed by atoms with Crippen molar-refractivity contribution in [2.45, 2.75) is 12.7 Å². The summed E-state index contributed by atoms with van der Waals surface area (Å²) in [6.07, 6.45) is -1.33. The second-order valence-electron chi connectivity index (χ2n) is 6.20. The van der Waals surface area contributed by atoms with Gasteiger partial charge in [-0.3, -0.25) is 4.98 Å². The van der Waals surface area contributed by atoms with Crippen LogP contribution in [0.15, 0.2) is 60.9 Å². The van der Waals surface area contributed by atoms with Crippen LogP contribution in [0.2, 0.25) is 0 Å². The van der Waals surface area contributed by atoms with Crippen LogP contribution in [0.3, 0.4) is 0 Å². The summed E-state index contributed by atoms with van der Waals surface area (Å²) in [5.41, 5.74) is 0.609. The maximum atomic E-state index is 13.1. The minimum Gasteiger partial charge on any atom is -0.478 e. The standard InChI is InChI=1S/C20H13F3N2O2/c21-20(22,23)14-9-12-6-8-25(18(12)16(10-14)19(26)27)11-13-3-1-5-17-15(13)4-2-7-24-17/h1-10H,11H2,(H,26,27). The highest BCUT2D eigenvalue weighted by Crippen LogP contribution is 2.34. The average molecular weight is 370 g/mol. The smallest absolute Gasteiger partial charge is 0.416 e. The van der Waals surface area contributed by atoms with Crippen molar-refractivity contribution in [1.29, 1.82) is 0 Å². The summed E-state index contributed by atoms with van der Waals surface area (Å²) in [6, 6.07) is 12.5. The molecule has 1 N–H and O–H groups in total. The van der Waals surface area contributed by atoms with E-state index in [-0.39, 0.29) is 16.5 Å². The summed E-state index contributed by atoms with van der Waals surface area (Å²) in [6.45, 7) is 0.318. The first-order valence-electron chi connectivity index (χ1n) is 8.10. The molecule has 0 unspecified atom stereocenters. The van der Waals surface area contributed by atoms with Gasteiger partial charge in [0.15, 0.2) is 0 Å². The van der Waals surface area contributed by atoms with Gasteiger partial charge >= 0.3 is 12.1 Å². The molecule has 2 aromatic carbocycles. The Morgan fingerprint density at radius 1 is 1.11 bits per heavy atom. The fourth-order valence-corrected chi connectivity index (χ4v) is 3.30. The SMILES string of the molecule is O=C(O)c1cc(C(F)(F)F)cc2ccn(Cc3cccc4ncccc34)c12. The van der Waals surface area contributed by atoms with Crippen LogP contribution < -0.4 is 0 Å². The van der Waals surface area contributed by atoms with Crippen LogP contribution in [-0.2, 0) is 12.7 Å². The van der Waals surface area contributed by atoms with Crippen molar-refractivity contribution < 1.29 is 23.1 Å². The number of aromatic carboxylic acids is 1. The zero-order valence-corrected chi connectivity index (χ0v) is 13.9. The number of rotatable bonds is 3. The summed E-state index contributed by atoms with van der Waals surface area (Å²) in [5, 5.41) is 10.6. The molecule has 136 valence electrons. The third kappa shape index (κ3) is 3.01. The molecule has 0 aliphatic rings. The molecule has 0 spiro atoms. The molecule has 4 nitrogen and oxygen atoms in total. The predicted molar refractivity (Wildman–Crippen MR) is 94.7 cm³/mol. The summed E-state index contributed by atoms with van der Waals surface area (Å²) >= 11 is 0. The van der Waals surface area contributed by atoms with E-state index in [0.717, 1.165) is 22.5 Å². The summed E-state index contributed by atoms with van der Waals surface area (Å²) in [4.78, 5) is 15.9. The van der Waals surface area contributed by atoms with Crippen molar-refractivity contribution in [3.8, 4) is 0 Å². The lowest BCUT2D eigenvalue weighted by molar-refractivity contribution is -0.137. The van der Waals surface area contributed by atoms with E-state index in [0.29, 0.717) is 12.6 Å². The maximum Gasteiger partial charge on any atom is 0.416 e. The molecule has 7 heteroatoms. The Bertz CT molecular complexity index is 1170. The van der Waals surface area contributed by atoms with Gasteiger partial charge < -0.3 is 9.67 Å². The van der Waals surface area contributed by atoms with E-state index in [1.807, 2.05) is 24.3 Å². The quantitative estimate of drug-likeness (QED) is 0.555. The maximum absolute atomic E-state index is 13.1. The molecule has 0 atom stereocenters. The van der Waals surface area contributed by atoms with Gasteiger partial charge in [-0.05, 0) is 35.9 Å². The van der Waals surface area contributed by atoms with Crippen molar-refractivity contribution in [3.63, 3.8) is 0 Å². The molecule has 0 aliphatic heterocycles. The van der Waals surface area contributed by atoms with Crippen LogP contribution in [0.5, 0.6) is 0 Å². The van der Waals surface area contributed by atoms with E-state index < -0.39 is 17.7 Å². The Kier molecular flexibility index (Phi) is 3.87. The molecule has 4 rings (SSSR count). The van der Waals surface area contributed by atoms with Crippen molar-refractivity contribution in [3.05, 3.63) is 77.6 Å². The number of benzene rings is 2. The van der Waals surface area contributed by atoms with Crippen molar-refractivity contribution in [1.82, 2.24) is 9.55 Å². The van der Waals surface area contributed by atoms with Crippen LogP contribution in [-0.4, -0.2) is 20.6 Å². The molecule has 0 bridgehead atoms.